The molecule has 110 valence electrons. The van der Waals surface area contributed by atoms with Crippen LogP contribution in [0, 0.1) is 5.82 Å². The largest absolute Gasteiger partial charge is 0.331 e. The Labute approximate surface area is 122 Å². The van der Waals surface area contributed by atoms with E-state index in [1.54, 1.807) is 0 Å². The van der Waals surface area contributed by atoms with Crippen LogP contribution in [0.3, 0.4) is 0 Å². The predicted octanol–water partition coefficient (Wildman–Crippen LogP) is 3.06. The van der Waals surface area contributed by atoms with Gasteiger partial charge in [-0.3, -0.25) is 9.59 Å². The lowest BCUT2D eigenvalue weighted by Crippen LogP contribution is -2.42. The third-order valence-corrected chi connectivity index (χ3v) is 3.33. The molecule has 1 unspecified atom stereocenters. The first-order valence-electron chi connectivity index (χ1n) is 6.37. The zero-order chi connectivity index (χ0) is 15.3. The number of halogens is 2. The lowest BCUT2D eigenvalue weighted by molar-refractivity contribution is -0.134. The van der Waals surface area contributed by atoms with E-state index in [1.165, 1.54) is 30.0 Å². The second-order valence-corrected chi connectivity index (χ2v) is 4.99. The monoisotopic (exact) mass is 300 g/mol. The third-order valence-electron chi connectivity index (χ3n) is 3.04. The molecule has 0 radical (unpaired) electrons. The highest BCUT2D eigenvalue weighted by molar-refractivity contribution is 6.31. The van der Waals surface area contributed by atoms with Gasteiger partial charge in [0.2, 0.25) is 11.8 Å². The van der Waals surface area contributed by atoms with E-state index in [9.17, 15) is 14.0 Å². The van der Waals surface area contributed by atoms with Gasteiger partial charge in [0, 0.05) is 18.7 Å². The molecule has 1 aromatic rings. The summed E-state index contributed by atoms with van der Waals surface area (Å²) in [5.74, 6) is -1.05. The van der Waals surface area contributed by atoms with Crippen LogP contribution < -0.4 is 5.32 Å². The maximum absolute atomic E-state index is 13.0. The Balaban J connectivity index is 2.70. The number of amides is 2. The molecule has 0 saturated heterocycles. The van der Waals surface area contributed by atoms with Gasteiger partial charge in [-0.15, -0.1) is 0 Å². The van der Waals surface area contributed by atoms with E-state index < -0.39 is 5.82 Å². The average Bonchev–Trinajstić information content (AvgIpc) is 2.39. The van der Waals surface area contributed by atoms with Gasteiger partial charge in [-0.05, 0) is 31.5 Å². The number of hydrogen-bond donors (Lipinski definition) is 1. The Kier molecular flexibility index (Phi) is 5.95. The maximum atomic E-state index is 13.0. The Bertz CT molecular complexity index is 508. The highest BCUT2D eigenvalue weighted by Crippen LogP contribution is 2.19. The fourth-order valence-electron chi connectivity index (χ4n) is 1.73. The molecule has 1 N–H and O–H groups in total. The zero-order valence-electron chi connectivity index (χ0n) is 11.7. The van der Waals surface area contributed by atoms with Gasteiger partial charge in [0.15, 0.2) is 0 Å². The molecule has 6 heteroatoms. The van der Waals surface area contributed by atoms with Crippen LogP contribution in [0.2, 0.25) is 5.02 Å². The Morgan fingerprint density at radius 3 is 2.60 bits per heavy atom. The summed E-state index contributed by atoms with van der Waals surface area (Å²) < 4.78 is 13.0. The summed E-state index contributed by atoms with van der Waals surface area (Å²) in [5.41, 5.74) is 0.397. The fourth-order valence-corrected chi connectivity index (χ4v) is 1.91. The summed E-state index contributed by atoms with van der Waals surface area (Å²) in [4.78, 5) is 24.9. The quantitative estimate of drug-likeness (QED) is 0.908. The third kappa shape index (κ3) is 4.49. The Morgan fingerprint density at radius 1 is 1.45 bits per heavy atom. The van der Waals surface area contributed by atoms with Crippen molar-refractivity contribution in [2.24, 2.45) is 0 Å². The molecule has 4 nitrogen and oxygen atoms in total. The van der Waals surface area contributed by atoms with Crippen molar-refractivity contribution >= 4 is 29.1 Å². The van der Waals surface area contributed by atoms with Crippen LogP contribution in [0.4, 0.5) is 10.1 Å². The minimum Gasteiger partial charge on any atom is -0.331 e. The van der Waals surface area contributed by atoms with E-state index in [1.807, 2.05) is 13.8 Å². The number of nitrogens with zero attached hydrogens (tertiary/aromatic N) is 1. The number of nitrogens with one attached hydrogen (secondary N) is 1. The molecule has 0 saturated carbocycles. The number of benzene rings is 1. The lowest BCUT2D eigenvalue weighted by Gasteiger charge is -2.26. The molecule has 0 bridgehead atoms. The van der Waals surface area contributed by atoms with Crippen molar-refractivity contribution in [3.05, 3.63) is 29.0 Å². The summed E-state index contributed by atoms with van der Waals surface area (Å²) in [6, 6.07) is 3.90. The molecule has 0 aliphatic carbocycles. The minimum absolute atomic E-state index is 0.0185. The molecule has 2 amide bonds. The molecule has 0 aromatic heterocycles. The number of carbonyl (C=O) groups excluding carboxylic acids is 2. The van der Waals surface area contributed by atoms with Crippen LogP contribution in [0.25, 0.3) is 0 Å². The van der Waals surface area contributed by atoms with E-state index >= 15 is 0 Å². The molecular weight excluding hydrogens is 283 g/mol. The summed E-state index contributed by atoms with van der Waals surface area (Å²) in [7, 11) is 0. The van der Waals surface area contributed by atoms with Crippen molar-refractivity contribution in [1.82, 2.24) is 4.90 Å². The first-order chi connectivity index (χ1) is 9.35. The van der Waals surface area contributed by atoms with E-state index in [-0.39, 0.29) is 29.4 Å². The molecule has 0 aliphatic rings. The van der Waals surface area contributed by atoms with E-state index in [0.29, 0.717) is 5.69 Å². The SMILES string of the molecule is CCC(C)N(CC(=O)Nc1ccc(F)c(Cl)c1)C(C)=O. The van der Waals surface area contributed by atoms with Gasteiger partial charge in [0.25, 0.3) is 0 Å². The van der Waals surface area contributed by atoms with Gasteiger partial charge in [-0.1, -0.05) is 18.5 Å². The maximum Gasteiger partial charge on any atom is 0.244 e. The normalized spacial score (nSPS) is 11.8. The summed E-state index contributed by atoms with van der Waals surface area (Å²) in [6.45, 7) is 5.20. The van der Waals surface area contributed by atoms with Gasteiger partial charge in [0.1, 0.15) is 12.4 Å². The van der Waals surface area contributed by atoms with Crippen LogP contribution >= 0.6 is 11.6 Å². The molecule has 1 aromatic carbocycles. The second-order valence-electron chi connectivity index (χ2n) is 4.58. The Morgan fingerprint density at radius 2 is 2.10 bits per heavy atom. The molecule has 0 aliphatic heterocycles. The van der Waals surface area contributed by atoms with Crippen molar-refractivity contribution in [2.45, 2.75) is 33.2 Å². The van der Waals surface area contributed by atoms with E-state index in [0.717, 1.165) is 6.42 Å². The molecule has 0 spiro atoms. The fraction of sp³-hybridized carbons (Fsp3) is 0.429. The van der Waals surface area contributed by atoms with Gasteiger partial charge >= 0.3 is 0 Å². The van der Waals surface area contributed by atoms with Crippen LogP contribution in [0.5, 0.6) is 0 Å². The molecule has 20 heavy (non-hydrogen) atoms. The lowest BCUT2D eigenvalue weighted by atomic mass is 10.2. The summed E-state index contributed by atoms with van der Waals surface area (Å²) in [6.07, 6.45) is 0.759. The van der Waals surface area contributed by atoms with Crippen LogP contribution in [-0.4, -0.2) is 29.3 Å². The van der Waals surface area contributed by atoms with Gasteiger partial charge in [-0.2, -0.15) is 0 Å². The Hall–Kier alpha value is -1.62. The number of rotatable bonds is 5. The van der Waals surface area contributed by atoms with Crippen molar-refractivity contribution in [2.75, 3.05) is 11.9 Å². The van der Waals surface area contributed by atoms with Crippen molar-refractivity contribution in [3.8, 4) is 0 Å². The predicted molar refractivity (Wildman–Crippen MR) is 77.2 cm³/mol. The number of hydrogen-bond acceptors (Lipinski definition) is 2. The molecular formula is C14H18ClFN2O2. The first kappa shape index (κ1) is 16.4. The molecule has 1 atom stereocenters. The summed E-state index contributed by atoms with van der Waals surface area (Å²) in [5, 5.41) is 2.53. The highest BCUT2D eigenvalue weighted by Gasteiger charge is 2.18. The number of carbonyl (C=O) groups is 2. The summed E-state index contributed by atoms with van der Waals surface area (Å²) >= 11 is 5.64. The van der Waals surface area contributed by atoms with E-state index in [4.69, 9.17) is 11.6 Å². The topological polar surface area (TPSA) is 49.4 Å². The van der Waals surface area contributed by atoms with Gasteiger partial charge in [0.05, 0.1) is 5.02 Å². The van der Waals surface area contributed by atoms with Crippen LogP contribution in [0.1, 0.15) is 27.2 Å². The van der Waals surface area contributed by atoms with Gasteiger partial charge < -0.3 is 10.2 Å². The number of anilines is 1. The van der Waals surface area contributed by atoms with Crippen molar-refractivity contribution < 1.29 is 14.0 Å². The van der Waals surface area contributed by atoms with Crippen LogP contribution in [0.15, 0.2) is 18.2 Å². The standard InChI is InChI=1S/C14H18ClFN2O2/c1-4-9(2)18(10(3)19)8-14(20)17-11-5-6-13(16)12(15)7-11/h5-7,9H,4,8H2,1-3H3,(H,17,20). The van der Waals surface area contributed by atoms with Crippen LogP contribution in [-0.2, 0) is 9.59 Å². The van der Waals surface area contributed by atoms with E-state index in [2.05, 4.69) is 5.32 Å². The molecule has 0 fully saturated rings. The smallest absolute Gasteiger partial charge is 0.244 e. The minimum atomic E-state index is -0.547. The second kappa shape index (κ2) is 7.24. The van der Waals surface area contributed by atoms with Crippen molar-refractivity contribution in [1.29, 1.82) is 0 Å². The first-order valence-corrected chi connectivity index (χ1v) is 6.75. The molecule has 0 heterocycles. The van der Waals surface area contributed by atoms with Gasteiger partial charge in [-0.25, -0.2) is 4.39 Å². The zero-order valence-corrected chi connectivity index (χ0v) is 12.5. The highest BCUT2D eigenvalue weighted by atomic mass is 35.5. The average molecular weight is 301 g/mol. The van der Waals surface area contributed by atoms with Crippen molar-refractivity contribution in [3.63, 3.8) is 0 Å². The molecule has 1 rings (SSSR count).